The van der Waals surface area contributed by atoms with Gasteiger partial charge >= 0.3 is 0 Å². The van der Waals surface area contributed by atoms with E-state index < -0.39 is 5.41 Å². The fourth-order valence-corrected chi connectivity index (χ4v) is 1.29. The van der Waals surface area contributed by atoms with E-state index in [0.717, 1.165) is 12.0 Å². The van der Waals surface area contributed by atoms with Crippen LogP contribution in [0.3, 0.4) is 0 Å². The van der Waals surface area contributed by atoms with Crippen molar-refractivity contribution in [3.8, 4) is 0 Å². The van der Waals surface area contributed by atoms with Gasteiger partial charge in [-0.1, -0.05) is 27.7 Å². The van der Waals surface area contributed by atoms with Crippen LogP contribution >= 0.6 is 0 Å². The summed E-state index contributed by atoms with van der Waals surface area (Å²) in [6, 6.07) is 3.70. The van der Waals surface area contributed by atoms with E-state index in [9.17, 15) is 4.79 Å². The second kappa shape index (κ2) is 5.27. The number of rotatable bonds is 3. The van der Waals surface area contributed by atoms with Crippen molar-refractivity contribution >= 4 is 11.7 Å². The molecule has 0 unspecified atom stereocenters. The van der Waals surface area contributed by atoms with Crippen LogP contribution in [-0.2, 0) is 4.79 Å². The molecule has 0 aliphatic carbocycles. The van der Waals surface area contributed by atoms with Crippen molar-refractivity contribution in [1.82, 2.24) is 4.98 Å². The molecular weight excluding hydrogens is 214 g/mol. The molecule has 94 valence electrons. The minimum Gasteiger partial charge on any atom is -0.324 e. The lowest BCUT2D eigenvalue weighted by molar-refractivity contribution is -0.123. The standard InChI is InChI=1S/C13H21N3O/c1-5-10(14)9-6-7-15-11(8-9)16-12(17)13(2,3)4/h6-8,10H,5,14H2,1-4H3,(H,15,16,17)/t10-/m1/s1. The van der Waals surface area contributed by atoms with Gasteiger partial charge in [0.1, 0.15) is 5.82 Å². The third kappa shape index (κ3) is 3.82. The zero-order valence-electron chi connectivity index (χ0n) is 10.9. The van der Waals surface area contributed by atoms with Crippen molar-refractivity contribution in [1.29, 1.82) is 0 Å². The van der Waals surface area contributed by atoms with Crippen LogP contribution in [0.15, 0.2) is 18.3 Å². The first-order valence-corrected chi connectivity index (χ1v) is 5.87. The van der Waals surface area contributed by atoms with Crippen molar-refractivity contribution in [2.24, 2.45) is 11.1 Å². The van der Waals surface area contributed by atoms with Gasteiger partial charge in [-0.05, 0) is 24.1 Å². The summed E-state index contributed by atoms with van der Waals surface area (Å²) in [6.07, 6.45) is 2.53. The largest absolute Gasteiger partial charge is 0.324 e. The molecule has 0 fully saturated rings. The minimum atomic E-state index is -0.426. The molecule has 1 heterocycles. The second-order valence-electron chi connectivity index (χ2n) is 5.19. The molecule has 1 aromatic rings. The van der Waals surface area contributed by atoms with E-state index in [1.54, 1.807) is 6.20 Å². The monoisotopic (exact) mass is 235 g/mol. The Bertz CT molecular complexity index is 396. The Balaban J connectivity index is 2.83. The molecule has 0 saturated carbocycles. The smallest absolute Gasteiger partial charge is 0.230 e. The molecule has 17 heavy (non-hydrogen) atoms. The van der Waals surface area contributed by atoms with Crippen LogP contribution in [0.2, 0.25) is 0 Å². The normalized spacial score (nSPS) is 13.2. The number of aromatic nitrogens is 1. The Kier molecular flexibility index (Phi) is 4.23. The quantitative estimate of drug-likeness (QED) is 0.845. The molecule has 0 spiro atoms. The van der Waals surface area contributed by atoms with Gasteiger partial charge in [0.05, 0.1) is 0 Å². The third-order valence-electron chi connectivity index (χ3n) is 2.57. The third-order valence-corrected chi connectivity index (χ3v) is 2.57. The lowest BCUT2D eigenvalue weighted by atomic mass is 9.96. The molecule has 0 radical (unpaired) electrons. The summed E-state index contributed by atoms with van der Waals surface area (Å²) in [6.45, 7) is 7.62. The highest BCUT2D eigenvalue weighted by atomic mass is 16.2. The summed E-state index contributed by atoms with van der Waals surface area (Å²) in [5.74, 6) is 0.513. The fraction of sp³-hybridized carbons (Fsp3) is 0.538. The van der Waals surface area contributed by atoms with E-state index in [1.165, 1.54) is 0 Å². The predicted octanol–water partition coefficient (Wildman–Crippen LogP) is 2.48. The average molecular weight is 235 g/mol. The first-order valence-electron chi connectivity index (χ1n) is 5.87. The van der Waals surface area contributed by atoms with Gasteiger partial charge in [0.15, 0.2) is 0 Å². The number of carbonyl (C=O) groups is 1. The van der Waals surface area contributed by atoms with Crippen molar-refractivity contribution in [2.45, 2.75) is 40.2 Å². The molecule has 1 aromatic heterocycles. The molecule has 0 aliphatic heterocycles. The molecule has 0 aromatic carbocycles. The van der Waals surface area contributed by atoms with E-state index in [0.29, 0.717) is 5.82 Å². The van der Waals surface area contributed by atoms with E-state index in [1.807, 2.05) is 39.8 Å². The molecule has 0 saturated heterocycles. The molecule has 1 atom stereocenters. The minimum absolute atomic E-state index is 0.0108. The van der Waals surface area contributed by atoms with Crippen LogP contribution in [0.4, 0.5) is 5.82 Å². The highest BCUT2D eigenvalue weighted by Gasteiger charge is 2.21. The summed E-state index contributed by atoms with van der Waals surface area (Å²) < 4.78 is 0. The SMILES string of the molecule is CC[C@@H](N)c1ccnc(NC(=O)C(C)(C)C)c1. The Morgan fingerprint density at radius 1 is 1.53 bits per heavy atom. The zero-order chi connectivity index (χ0) is 13.1. The highest BCUT2D eigenvalue weighted by molar-refractivity contribution is 5.93. The fourth-order valence-electron chi connectivity index (χ4n) is 1.29. The van der Waals surface area contributed by atoms with Gasteiger partial charge < -0.3 is 11.1 Å². The van der Waals surface area contributed by atoms with E-state index >= 15 is 0 Å². The lowest BCUT2D eigenvalue weighted by Crippen LogP contribution is -2.28. The second-order valence-corrected chi connectivity index (χ2v) is 5.19. The predicted molar refractivity (Wildman–Crippen MR) is 69.5 cm³/mol. The zero-order valence-corrected chi connectivity index (χ0v) is 10.9. The molecule has 1 rings (SSSR count). The van der Waals surface area contributed by atoms with Gasteiger partial charge in [-0.25, -0.2) is 4.98 Å². The van der Waals surface area contributed by atoms with Crippen molar-refractivity contribution in [3.63, 3.8) is 0 Å². The Morgan fingerprint density at radius 2 is 2.18 bits per heavy atom. The van der Waals surface area contributed by atoms with Crippen LogP contribution in [-0.4, -0.2) is 10.9 Å². The lowest BCUT2D eigenvalue weighted by Gasteiger charge is -2.18. The summed E-state index contributed by atoms with van der Waals surface area (Å²) in [4.78, 5) is 15.9. The van der Waals surface area contributed by atoms with Crippen molar-refractivity contribution in [3.05, 3.63) is 23.9 Å². The van der Waals surface area contributed by atoms with Gasteiger partial charge in [0.2, 0.25) is 5.91 Å². The number of amides is 1. The Hall–Kier alpha value is -1.42. The van der Waals surface area contributed by atoms with Gasteiger partial charge in [-0.3, -0.25) is 4.79 Å². The number of anilines is 1. The van der Waals surface area contributed by atoms with Gasteiger partial charge in [-0.2, -0.15) is 0 Å². The maximum atomic E-state index is 11.8. The van der Waals surface area contributed by atoms with Crippen LogP contribution in [0.1, 0.15) is 45.7 Å². The van der Waals surface area contributed by atoms with Gasteiger partial charge in [0, 0.05) is 17.7 Å². The number of pyridine rings is 1. The number of nitrogens with two attached hydrogens (primary N) is 1. The highest BCUT2D eigenvalue weighted by Crippen LogP contribution is 2.19. The number of nitrogens with zero attached hydrogens (tertiary/aromatic N) is 1. The van der Waals surface area contributed by atoms with Crippen molar-refractivity contribution < 1.29 is 4.79 Å². The molecular formula is C13H21N3O. The van der Waals surface area contributed by atoms with Crippen LogP contribution in [0, 0.1) is 5.41 Å². The van der Waals surface area contributed by atoms with Gasteiger partial charge in [-0.15, -0.1) is 0 Å². The number of carbonyl (C=O) groups excluding carboxylic acids is 1. The van der Waals surface area contributed by atoms with Crippen LogP contribution < -0.4 is 11.1 Å². The summed E-state index contributed by atoms with van der Waals surface area (Å²) in [5, 5.41) is 2.80. The first kappa shape index (κ1) is 13.6. The average Bonchev–Trinajstić information content (AvgIpc) is 2.27. The van der Waals surface area contributed by atoms with Crippen LogP contribution in [0.5, 0.6) is 0 Å². The molecule has 4 heteroatoms. The van der Waals surface area contributed by atoms with E-state index in [2.05, 4.69) is 10.3 Å². The molecule has 0 aliphatic rings. The summed E-state index contributed by atoms with van der Waals surface area (Å²) in [5.41, 5.74) is 6.51. The van der Waals surface area contributed by atoms with E-state index in [-0.39, 0.29) is 11.9 Å². The summed E-state index contributed by atoms with van der Waals surface area (Å²) >= 11 is 0. The van der Waals surface area contributed by atoms with Crippen LogP contribution in [0.25, 0.3) is 0 Å². The molecule has 4 nitrogen and oxygen atoms in total. The molecule has 0 bridgehead atoms. The maximum absolute atomic E-state index is 11.8. The number of nitrogens with one attached hydrogen (secondary N) is 1. The maximum Gasteiger partial charge on any atom is 0.230 e. The number of hydrogen-bond donors (Lipinski definition) is 2. The van der Waals surface area contributed by atoms with Gasteiger partial charge in [0.25, 0.3) is 0 Å². The Morgan fingerprint density at radius 3 is 2.71 bits per heavy atom. The topological polar surface area (TPSA) is 68.0 Å². The molecule has 3 N–H and O–H groups in total. The molecule has 1 amide bonds. The first-order chi connectivity index (χ1) is 7.84. The van der Waals surface area contributed by atoms with E-state index in [4.69, 9.17) is 5.73 Å². The Labute approximate surface area is 103 Å². The number of hydrogen-bond acceptors (Lipinski definition) is 3. The van der Waals surface area contributed by atoms with Crippen molar-refractivity contribution in [2.75, 3.05) is 5.32 Å². The summed E-state index contributed by atoms with van der Waals surface area (Å²) in [7, 11) is 0.